The summed E-state index contributed by atoms with van der Waals surface area (Å²) in [5.74, 6) is -0.421. The van der Waals surface area contributed by atoms with Crippen molar-refractivity contribution < 1.29 is 14.5 Å². The summed E-state index contributed by atoms with van der Waals surface area (Å²) in [5, 5.41) is 17.2. The van der Waals surface area contributed by atoms with Gasteiger partial charge in [0.25, 0.3) is 5.69 Å². The molecular formula is C16H22ClN3O4. The second-order valence-corrected chi connectivity index (χ2v) is 5.37. The number of benzene rings is 1. The van der Waals surface area contributed by atoms with E-state index < -0.39 is 10.9 Å². The summed E-state index contributed by atoms with van der Waals surface area (Å²) in [5.41, 5.74) is 0.731. The Morgan fingerprint density at radius 1 is 1.33 bits per heavy atom. The van der Waals surface area contributed by atoms with Crippen molar-refractivity contribution in [2.75, 3.05) is 19.6 Å². The Hall–Kier alpha value is -1.96. The lowest BCUT2D eigenvalue weighted by atomic mass is 10.1. The van der Waals surface area contributed by atoms with E-state index >= 15 is 0 Å². The van der Waals surface area contributed by atoms with Crippen molar-refractivity contribution >= 4 is 24.1 Å². The fourth-order valence-corrected chi connectivity index (χ4v) is 2.33. The van der Waals surface area contributed by atoms with Gasteiger partial charge in [0, 0.05) is 30.8 Å². The molecule has 0 radical (unpaired) electrons. The maximum absolute atomic E-state index is 11.6. The van der Waals surface area contributed by atoms with E-state index in [1.165, 1.54) is 18.2 Å². The zero-order valence-electron chi connectivity index (χ0n) is 13.3. The minimum Gasteiger partial charge on any atom is -0.458 e. The topological polar surface area (TPSA) is 93.5 Å². The standard InChI is InChI=1S/C16H21N3O4.ClH/c20-16(2-1-9-18-14-7-10-17-11-8-14)23-12-13-3-5-15(6-4-13)19(21)22;/h1-6,14,17-18H,7-12H2;1H. The average Bonchev–Trinajstić information content (AvgIpc) is 2.58. The molecule has 0 atom stereocenters. The third-order valence-electron chi connectivity index (χ3n) is 3.65. The van der Waals surface area contributed by atoms with Crippen LogP contribution in [-0.4, -0.2) is 36.6 Å². The molecule has 0 saturated carbocycles. The molecule has 7 nitrogen and oxygen atoms in total. The number of nitro benzene ring substituents is 1. The lowest BCUT2D eigenvalue weighted by molar-refractivity contribution is -0.384. The number of hydrogen-bond acceptors (Lipinski definition) is 6. The lowest BCUT2D eigenvalue weighted by Gasteiger charge is -2.22. The van der Waals surface area contributed by atoms with E-state index in [0.29, 0.717) is 18.2 Å². The molecule has 1 aliphatic rings. The number of carbonyl (C=O) groups excluding carboxylic acids is 1. The van der Waals surface area contributed by atoms with Crippen molar-refractivity contribution in [3.63, 3.8) is 0 Å². The lowest BCUT2D eigenvalue weighted by Crippen LogP contribution is -2.39. The minimum atomic E-state index is -0.464. The number of hydrogen-bond donors (Lipinski definition) is 2. The van der Waals surface area contributed by atoms with Gasteiger partial charge < -0.3 is 15.4 Å². The number of non-ortho nitro benzene ring substituents is 1. The van der Waals surface area contributed by atoms with Crippen LogP contribution in [-0.2, 0) is 16.1 Å². The maximum atomic E-state index is 11.6. The first-order chi connectivity index (χ1) is 11.1. The van der Waals surface area contributed by atoms with Crippen molar-refractivity contribution in [2.24, 2.45) is 0 Å². The molecule has 0 aliphatic carbocycles. The smallest absolute Gasteiger partial charge is 0.330 e. The minimum absolute atomic E-state index is 0. The van der Waals surface area contributed by atoms with Crippen LogP contribution < -0.4 is 10.6 Å². The maximum Gasteiger partial charge on any atom is 0.330 e. The molecule has 8 heteroatoms. The molecular weight excluding hydrogens is 334 g/mol. The van der Waals surface area contributed by atoms with Crippen LogP contribution in [0.2, 0.25) is 0 Å². The van der Waals surface area contributed by atoms with Gasteiger partial charge in [-0.05, 0) is 43.6 Å². The second-order valence-electron chi connectivity index (χ2n) is 5.37. The van der Waals surface area contributed by atoms with Crippen molar-refractivity contribution in [3.8, 4) is 0 Å². The molecule has 24 heavy (non-hydrogen) atoms. The van der Waals surface area contributed by atoms with Gasteiger partial charge >= 0.3 is 5.97 Å². The Morgan fingerprint density at radius 2 is 2.00 bits per heavy atom. The first-order valence-corrected chi connectivity index (χ1v) is 7.66. The van der Waals surface area contributed by atoms with Gasteiger partial charge in [0.2, 0.25) is 0 Å². The molecule has 1 aliphatic heterocycles. The van der Waals surface area contributed by atoms with E-state index in [1.54, 1.807) is 18.2 Å². The Labute approximate surface area is 147 Å². The average molecular weight is 356 g/mol. The summed E-state index contributed by atoms with van der Waals surface area (Å²) >= 11 is 0. The van der Waals surface area contributed by atoms with Gasteiger partial charge in [-0.25, -0.2) is 4.79 Å². The third-order valence-corrected chi connectivity index (χ3v) is 3.65. The SMILES string of the molecule is Cl.O=C(C=CCNC1CCNCC1)OCc1ccc([N+](=O)[O-])cc1. The number of halogens is 1. The Balaban J connectivity index is 0.00000288. The molecule has 0 bridgehead atoms. The van der Waals surface area contributed by atoms with Gasteiger partial charge in [-0.15, -0.1) is 12.4 Å². The van der Waals surface area contributed by atoms with Crippen LogP contribution in [0.15, 0.2) is 36.4 Å². The van der Waals surface area contributed by atoms with Gasteiger partial charge in [-0.2, -0.15) is 0 Å². The number of carbonyl (C=O) groups is 1. The zero-order chi connectivity index (χ0) is 16.5. The summed E-state index contributed by atoms with van der Waals surface area (Å²) in [6.45, 7) is 2.79. The van der Waals surface area contributed by atoms with Gasteiger partial charge in [0.05, 0.1) is 4.92 Å². The first kappa shape index (κ1) is 20.1. The Bertz CT molecular complexity index is 557. The number of esters is 1. The number of nitrogens with one attached hydrogen (secondary N) is 2. The molecule has 0 unspecified atom stereocenters. The number of rotatable bonds is 7. The van der Waals surface area contributed by atoms with Crippen LogP contribution in [0, 0.1) is 10.1 Å². The van der Waals surface area contributed by atoms with Crippen LogP contribution in [0.3, 0.4) is 0 Å². The fourth-order valence-electron chi connectivity index (χ4n) is 2.33. The molecule has 1 aromatic carbocycles. The van der Waals surface area contributed by atoms with Crippen LogP contribution in [0.5, 0.6) is 0 Å². The molecule has 0 aromatic heterocycles. The summed E-state index contributed by atoms with van der Waals surface area (Å²) in [6, 6.07) is 6.43. The molecule has 0 spiro atoms. The fraction of sp³-hybridized carbons (Fsp3) is 0.438. The molecule has 2 rings (SSSR count). The van der Waals surface area contributed by atoms with Gasteiger partial charge in [-0.3, -0.25) is 10.1 Å². The summed E-state index contributed by atoms with van der Waals surface area (Å²) in [7, 11) is 0. The largest absolute Gasteiger partial charge is 0.458 e. The van der Waals surface area contributed by atoms with Gasteiger partial charge in [0.15, 0.2) is 0 Å². The normalized spacial score (nSPS) is 15.0. The number of piperidine rings is 1. The summed E-state index contributed by atoms with van der Waals surface area (Å²) in [4.78, 5) is 21.7. The quantitative estimate of drug-likeness (QED) is 0.336. The Morgan fingerprint density at radius 3 is 2.62 bits per heavy atom. The number of nitro groups is 1. The highest BCUT2D eigenvalue weighted by Crippen LogP contribution is 2.12. The Kier molecular flexibility index (Phi) is 8.99. The van der Waals surface area contributed by atoms with Crippen molar-refractivity contribution in [2.45, 2.75) is 25.5 Å². The second kappa shape index (κ2) is 10.7. The first-order valence-electron chi connectivity index (χ1n) is 7.66. The predicted molar refractivity (Wildman–Crippen MR) is 93.2 cm³/mol. The number of ether oxygens (including phenoxy) is 1. The van der Waals surface area contributed by atoms with E-state index in [4.69, 9.17) is 4.74 Å². The molecule has 1 fully saturated rings. The van der Waals surface area contributed by atoms with E-state index in [-0.39, 0.29) is 24.7 Å². The van der Waals surface area contributed by atoms with Crippen LogP contribution >= 0.6 is 12.4 Å². The van der Waals surface area contributed by atoms with Crippen LogP contribution in [0.4, 0.5) is 5.69 Å². The van der Waals surface area contributed by atoms with Crippen LogP contribution in [0.1, 0.15) is 18.4 Å². The zero-order valence-corrected chi connectivity index (χ0v) is 14.1. The monoisotopic (exact) mass is 355 g/mol. The van der Waals surface area contributed by atoms with E-state index in [0.717, 1.165) is 25.9 Å². The number of nitrogens with zero attached hydrogens (tertiary/aromatic N) is 1. The summed E-state index contributed by atoms with van der Waals surface area (Å²) < 4.78 is 5.09. The van der Waals surface area contributed by atoms with Crippen molar-refractivity contribution in [3.05, 3.63) is 52.1 Å². The van der Waals surface area contributed by atoms with Crippen LogP contribution in [0.25, 0.3) is 0 Å². The van der Waals surface area contributed by atoms with E-state index in [9.17, 15) is 14.9 Å². The van der Waals surface area contributed by atoms with Crippen molar-refractivity contribution in [1.82, 2.24) is 10.6 Å². The highest BCUT2D eigenvalue weighted by Gasteiger charge is 2.10. The molecule has 1 aromatic rings. The van der Waals surface area contributed by atoms with Gasteiger partial charge in [0.1, 0.15) is 6.61 Å². The molecule has 1 heterocycles. The molecule has 132 valence electrons. The van der Waals surface area contributed by atoms with E-state index in [1.807, 2.05) is 0 Å². The highest BCUT2D eigenvalue weighted by atomic mass is 35.5. The third kappa shape index (κ3) is 7.08. The molecule has 0 amide bonds. The molecule has 2 N–H and O–H groups in total. The highest BCUT2D eigenvalue weighted by molar-refractivity contribution is 5.85. The molecule has 1 saturated heterocycles. The van der Waals surface area contributed by atoms with Gasteiger partial charge in [-0.1, -0.05) is 6.08 Å². The predicted octanol–water partition coefficient (Wildman–Crippen LogP) is 1.96. The van der Waals surface area contributed by atoms with Crippen molar-refractivity contribution in [1.29, 1.82) is 0 Å². The van der Waals surface area contributed by atoms with E-state index in [2.05, 4.69) is 10.6 Å². The summed E-state index contributed by atoms with van der Waals surface area (Å²) in [6.07, 6.45) is 5.34.